The molecule has 3 rings (SSSR count). The van der Waals surface area contributed by atoms with Gasteiger partial charge in [0.05, 0.1) is 0 Å². The van der Waals surface area contributed by atoms with Crippen molar-refractivity contribution in [2.24, 2.45) is 0 Å². The number of nitrogens with zero attached hydrogens (tertiary/aromatic N) is 1. The first-order valence-electron chi connectivity index (χ1n) is 9.39. The quantitative estimate of drug-likeness (QED) is 0.527. The summed E-state index contributed by atoms with van der Waals surface area (Å²) in [6.45, 7) is 23.1. The molecule has 0 aliphatic carbocycles. The third kappa shape index (κ3) is 2.08. The summed E-state index contributed by atoms with van der Waals surface area (Å²) in [7, 11) is 2.26. The Morgan fingerprint density at radius 3 is 1.08 bits per heavy atom. The predicted octanol–water partition coefficient (Wildman–Crippen LogP) is 6.56. The van der Waals surface area contributed by atoms with E-state index >= 15 is 0 Å². The van der Waals surface area contributed by atoms with Crippen molar-refractivity contribution in [2.75, 3.05) is 11.9 Å². The zero-order valence-electron chi connectivity index (χ0n) is 17.9. The molecule has 0 amide bonds. The second-order valence-electron chi connectivity index (χ2n) is 8.63. The van der Waals surface area contributed by atoms with E-state index in [-0.39, 0.29) is 5.41 Å². The van der Waals surface area contributed by atoms with E-state index in [0.717, 1.165) is 0 Å². The number of hydrogen-bond donors (Lipinski definition) is 0. The first-order valence-corrected chi connectivity index (χ1v) is 9.39. The van der Waals surface area contributed by atoms with Crippen LogP contribution in [0.4, 0.5) is 11.4 Å². The van der Waals surface area contributed by atoms with Gasteiger partial charge in [-0.25, -0.2) is 0 Å². The lowest BCUT2D eigenvalue weighted by molar-refractivity contribution is 0.615. The van der Waals surface area contributed by atoms with E-state index < -0.39 is 0 Å². The lowest BCUT2D eigenvalue weighted by Crippen LogP contribution is -2.35. The van der Waals surface area contributed by atoms with Gasteiger partial charge in [0, 0.05) is 23.8 Å². The van der Waals surface area contributed by atoms with Gasteiger partial charge in [-0.3, -0.25) is 0 Å². The molecule has 1 aliphatic rings. The van der Waals surface area contributed by atoms with Crippen molar-refractivity contribution in [3.63, 3.8) is 0 Å². The number of hydrogen-bond acceptors (Lipinski definition) is 1. The molecule has 1 heterocycles. The van der Waals surface area contributed by atoms with E-state index in [9.17, 15) is 0 Å². The van der Waals surface area contributed by atoms with Crippen LogP contribution in [0.3, 0.4) is 0 Å². The van der Waals surface area contributed by atoms with E-state index in [0.29, 0.717) is 0 Å². The third-order valence-electron chi connectivity index (χ3n) is 7.23. The summed E-state index contributed by atoms with van der Waals surface area (Å²) in [6.07, 6.45) is 0. The van der Waals surface area contributed by atoms with E-state index in [1.807, 2.05) is 0 Å². The Bertz CT molecular complexity index is 840. The average Bonchev–Trinajstić information content (AvgIpc) is 2.55. The van der Waals surface area contributed by atoms with Gasteiger partial charge in [0.1, 0.15) is 0 Å². The highest BCUT2D eigenvalue weighted by Gasteiger charge is 2.40. The minimum Gasteiger partial charge on any atom is -0.344 e. The summed E-state index contributed by atoms with van der Waals surface area (Å²) in [5.41, 5.74) is 17.4. The molecule has 0 saturated carbocycles. The maximum absolute atomic E-state index is 2.47. The standard InChI is InChI=1S/C24H33N/c1-12-14(3)18(7)22-20(16(12)5)24(9,10)21-17(6)13(2)15(4)19(8)23(21)25(22)11/h1-11H3. The van der Waals surface area contributed by atoms with Crippen molar-refractivity contribution >= 4 is 11.4 Å². The normalized spacial score (nSPS) is 15.2. The lowest BCUT2D eigenvalue weighted by atomic mass is 9.67. The highest BCUT2D eigenvalue weighted by atomic mass is 15.1. The number of anilines is 2. The van der Waals surface area contributed by atoms with E-state index in [4.69, 9.17) is 0 Å². The van der Waals surface area contributed by atoms with E-state index in [2.05, 4.69) is 81.2 Å². The fourth-order valence-electron chi connectivity index (χ4n) is 5.19. The monoisotopic (exact) mass is 335 g/mol. The summed E-state index contributed by atoms with van der Waals surface area (Å²) >= 11 is 0. The maximum Gasteiger partial charge on any atom is 0.0485 e. The lowest BCUT2D eigenvalue weighted by Gasteiger charge is -2.45. The summed E-state index contributed by atoms with van der Waals surface area (Å²) < 4.78 is 0. The van der Waals surface area contributed by atoms with Gasteiger partial charge < -0.3 is 4.90 Å². The van der Waals surface area contributed by atoms with Gasteiger partial charge in [0.2, 0.25) is 0 Å². The third-order valence-corrected chi connectivity index (χ3v) is 7.23. The Morgan fingerprint density at radius 1 is 0.480 bits per heavy atom. The van der Waals surface area contributed by atoms with Crippen molar-refractivity contribution in [3.05, 3.63) is 55.6 Å². The molecule has 1 nitrogen and oxygen atoms in total. The molecule has 0 fully saturated rings. The fraction of sp³-hybridized carbons (Fsp3) is 0.500. The number of rotatable bonds is 0. The van der Waals surface area contributed by atoms with Gasteiger partial charge in [0.25, 0.3) is 0 Å². The molecule has 0 radical (unpaired) electrons. The number of fused-ring (bicyclic) bond motifs is 2. The van der Waals surface area contributed by atoms with Crippen LogP contribution in [0.15, 0.2) is 0 Å². The molecule has 0 unspecified atom stereocenters. The van der Waals surface area contributed by atoms with E-state index in [1.54, 1.807) is 0 Å². The summed E-state index contributed by atoms with van der Waals surface area (Å²) in [6, 6.07) is 0. The molecular weight excluding hydrogens is 302 g/mol. The zero-order chi connectivity index (χ0) is 19.0. The second kappa shape index (κ2) is 5.37. The molecule has 0 saturated heterocycles. The molecule has 0 N–H and O–H groups in total. The Balaban J connectivity index is 2.56. The summed E-state index contributed by atoms with van der Waals surface area (Å²) in [5.74, 6) is 0. The zero-order valence-corrected chi connectivity index (χ0v) is 17.9. The van der Waals surface area contributed by atoms with Crippen molar-refractivity contribution in [2.45, 2.75) is 74.7 Å². The van der Waals surface area contributed by atoms with Crippen LogP contribution < -0.4 is 4.90 Å². The molecule has 1 heteroatoms. The predicted molar refractivity (Wildman–Crippen MR) is 111 cm³/mol. The molecular formula is C24H33N. The summed E-state index contributed by atoms with van der Waals surface area (Å²) in [4.78, 5) is 2.47. The molecule has 0 atom stereocenters. The van der Waals surface area contributed by atoms with Crippen LogP contribution in [0.1, 0.15) is 69.5 Å². The maximum atomic E-state index is 2.47. The molecule has 2 aromatic rings. The highest BCUT2D eigenvalue weighted by molar-refractivity contribution is 5.85. The Labute approximate surface area is 154 Å². The van der Waals surface area contributed by atoms with Crippen LogP contribution in [-0.2, 0) is 5.41 Å². The molecule has 25 heavy (non-hydrogen) atoms. The Hall–Kier alpha value is -1.76. The average molecular weight is 336 g/mol. The first kappa shape index (κ1) is 18.0. The topological polar surface area (TPSA) is 3.24 Å². The van der Waals surface area contributed by atoms with E-state index in [1.165, 1.54) is 67.0 Å². The van der Waals surface area contributed by atoms with Crippen LogP contribution >= 0.6 is 0 Å². The van der Waals surface area contributed by atoms with Crippen LogP contribution in [0.25, 0.3) is 0 Å². The second-order valence-corrected chi connectivity index (χ2v) is 8.63. The van der Waals surface area contributed by atoms with Crippen molar-refractivity contribution in [1.29, 1.82) is 0 Å². The van der Waals surface area contributed by atoms with Crippen LogP contribution in [0, 0.1) is 55.4 Å². The Morgan fingerprint density at radius 2 is 0.760 bits per heavy atom. The van der Waals surface area contributed by atoms with Gasteiger partial charge in [-0.05, 0) is 111 Å². The van der Waals surface area contributed by atoms with Crippen LogP contribution in [-0.4, -0.2) is 7.05 Å². The smallest absolute Gasteiger partial charge is 0.0485 e. The van der Waals surface area contributed by atoms with Gasteiger partial charge in [0.15, 0.2) is 0 Å². The van der Waals surface area contributed by atoms with Crippen LogP contribution in [0.5, 0.6) is 0 Å². The minimum absolute atomic E-state index is 0.0117. The number of benzene rings is 2. The summed E-state index contributed by atoms with van der Waals surface area (Å²) in [5, 5.41) is 0. The highest BCUT2D eigenvalue weighted by Crippen LogP contribution is 2.54. The SMILES string of the molecule is Cc1c(C)c(C)c2c(c1C)N(C)c1c(C)c(C)c(C)c(C)c1C2(C)C. The largest absolute Gasteiger partial charge is 0.344 e. The molecule has 0 spiro atoms. The Kier molecular flexibility index (Phi) is 3.87. The van der Waals surface area contributed by atoms with Crippen molar-refractivity contribution < 1.29 is 0 Å². The van der Waals surface area contributed by atoms with Gasteiger partial charge in [-0.1, -0.05) is 13.8 Å². The van der Waals surface area contributed by atoms with Gasteiger partial charge in [-0.2, -0.15) is 0 Å². The molecule has 0 aromatic heterocycles. The van der Waals surface area contributed by atoms with Crippen LogP contribution in [0.2, 0.25) is 0 Å². The van der Waals surface area contributed by atoms with Crippen molar-refractivity contribution in [1.82, 2.24) is 0 Å². The molecule has 0 bridgehead atoms. The molecule has 1 aliphatic heterocycles. The molecule has 2 aromatic carbocycles. The minimum atomic E-state index is 0.0117. The first-order chi connectivity index (χ1) is 11.4. The van der Waals surface area contributed by atoms with Gasteiger partial charge in [-0.15, -0.1) is 0 Å². The van der Waals surface area contributed by atoms with Crippen molar-refractivity contribution in [3.8, 4) is 0 Å². The fourth-order valence-corrected chi connectivity index (χ4v) is 5.19. The van der Waals surface area contributed by atoms with Gasteiger partial charge >= 0.3 is 0 Å². The molecule has 134 valence electrons.